The Balaban J connectivity index is 0.000000142. The summed E-state index contributed by atoms with van der Waals surface area (Å²) in [7, 11) is 0. The number of fused-ring (bicyclic) bond motifs is 5. The molecule has 0 bridgehead atoms. The van der Waals surface area contributed by atoms with Crippen molar-refractivity contribution in [2.75, 3.05) is 66.4 Å². The molecule has 5 aromatic carbocycles. The molecule has 15 aromatic rings. The summed E-state index contributed by atoms with van der Waals surface area (Å²) in [4.78, 5) is 44.3. The first-order valence-corrected chi connectivity index (χ1v) is 36.8. The third-order valence-electron chi connectivity index (χ3n) is 17.6. The van der Waals surface area contributed by atoms with Crippen LogP contribution < -0.4 is 23.7 Å². The summed E-state index contributed by atoms with van der Waals surface area (Å²) in [6.45, 7) is 5.44. The van der Waals surface area contributed by atoms with Crippen molar-refractivity contribution < 1.29 is 71.2 Å². The quantitative estimate of drug-likeness (QED) is 0.0333. The first-order chi connectivity index (χ1) is 55.8. The predicted octanol–water partition coefficient (Wildman–Crippen LogP) is 16.6. The molecular formula is C90H85F5N10O10. The Morgan fingerprint density at radius 1 is 0.296 bits per heavy atom. The van der Waals surface area contributed by atoms with Crippen molar-refractivity contribution in [3.8, 4) is 85.0 Å². The van der Waals surface area contributed by atoms with Gasteiger partial charge in [0.05, 0.1) is 56.1 Å². The fourth-order valence-corrected chi connectivity index (χ4v) is 11.4. The van der Waals surface area contributed by atoms with E-state index in [0.717, 1.165) is 139 Å². The van der Waals surface area contributed by atoms with Gasteiger partial charge >= 0.3 is 0 Å². The normalized spacial score (nSPS) is 12.3. The van der Waals surface area contributed by atoms with E-state index in [0.29, 0.717) is 28.7 Å². The van der Waals surface area contributed by atoms with Crippen LogP contribution in [-0.4, -0.2) is 172 Å². The summed E-state index contributed by atoms with van der Waals surface area (Å²) < 4.78 is 88.0. The zero-order valence-electron chi connectivity index (χ0n) is 63.7. The van der Waals surface area contributed by atoms with Crippen molar-refractivity contribution in [2.45, 2.75) is 65.1 Å². The topological polar surface area (TPSA) is 276 Å². The monoisotopic (exact) mass is 1560 g/mol. The highest BCUT2D eigenvalue weighted by Gasteiger charge is 2.15. The van der Waals surface area contributed by atoms with Crippen molar-refractivity contribution in [1.29, 1.82) is 0 Å². The number of aromatic nitrogens is 10. The van der Waals surface area contributed by atoms with E-state index < -0.39 is 63.9 Å². The van der Waals surface area contributed by atoms with Gasteiger partial charge in [0, 0.05) is 115 Å². The van der Waals surface area contributed by atoms with Crippen molar-refractivity contribution in [3.05, 3.63) is 272 Å². The van der Waals surface area contributed by atoms with Gasteiger partial charge in [-0.25, -0.2) is 46.9 Å². The minimum atomic E-state index is -1.10. The second-order valence-corrected chi connectivity index (χ2v) is 26.8. The Morgan fingerprint density at radius 2 is 0.687 bits per heavy atom. The Bertz CT molecular complexity index is 5430. The number of hydrogen-bond donors (Lipinski definition) is 5. The van der Waals surface area contributed by atoms with Gasteiger partial charge in [-0.15, -0.1) is 0 Å². The lowest BCUT2D eigenvalue weighted by atomic mass is 10.1. The SMILES string of the molecule is Cc1cc(-c2ccc3cc(OC[C@H](O)C[18F])ccc3n2)ccn1.Cc1ccc(-c2ccc3cc(OC[C@H](O)C[18F])ccc3n2)cn1.Cc1ccncc1-c1ccc2cc(OC[C@H](O)C[18F])ccc2n1.Cc1cncc(-c2ccc3cc(OC[C@H](O)C[18F])ccc3n2)c1.Cc1ncccc1-c1ccc2cc(OC[C@H](O)C[18F])ccc2n1. The van der Waals surface area contributed by atoms with Crippen molar-refractivity contribution >= 4 is 54.5 Å². The molecule has 0 spiro atoms. The number of halogens is 5. The van der Waals surface area contributed by atoms with Crippen LogP contribution in [0.3, 0.4) is 0 Å². The molecule has 0 aliphatic carbocycles. The molecule has 590 valence electrons. The van der Waals surface area contributed by atoms with E-state index in [4.69, 9.17) is 23.7 Å². The second-order valence-electron chi connectivity index (χ2n) is 26.8. The number of rotatable bonds is 25. The molecule has 25 heteroatoms. The molecule has 115 heavy (non-hydrogen) atoms. The molecule has 0 aliphatic heterocycles. The zero-order valence-corrected chi connectivity index (χ0v) is 63.7. The van der Waals surface area contributed by atoms with Crippen LogP contribution in [0.15, 0.2) is 244 Å². The Kier molecular flexibility index (Phi) is 29.9. The van der Waals surface area contributed by atoms with Crippen LogP contribution in [0.1, 0.15) is 28.2 Å². The molecule has 10 aromatic heterocycles. The van der Waals surface area contributed by atoms with Gasteiger partial charge in [0.1, 0.15) is 126 Å². The van der Waals surface area contributed by atoms with Crippen LogP contribution in [0.4, 0.5) is 22.0 Å². The van der Waals surface area contributed by atoms with Gasteiger partial charge in [-0.2, -0.15) is 0 Å². The number of ether oxygens (including phenoxy) is 5. The van der Waals surface area contributed by atoms with E-state index >= 15 is 0 Å². The summed E-state index contributed by atoms with van der Waals surface area (Å²) in [6.07, 6.45) is 7.00. The summed E-state index contributed by atoms with van der Waals surface area (Å²) in [5.74, 6) is 2.90. The molecule has 5 atom stereocenters. The standard InChI is InChI=1S/5C18H17FN2O2/c1-12-6-14(10-20-9-12)18-4-2-13-7-16(3-5-17(13)21-18)23-11-15(22)8-19;1-12-8-14(6-7-20-12)17-4-2-13-9-16(3-5-18(13)21-17)23-11-15(22)10-19;1-12-6-7-20-10-16(12)18-4-2-13-8-15(3-5-17(13)21-18)23-11-14(22)9-19;1-12-2-3-14(10-20-12)18-6-4-13-8-16(5-7-17(13)21-18)23-11-15(22)9-19;1-12-16(3-2-8-20-12)18-6-4-13-9-15(5-7-17(13)21-18)23-11-14(22)10-19/h2-7,9-10,15,22H,8,11H2,1H3;2-9,15,22H,10-11H2,1H3;2-8,10,14,22H,9,11H2,1H3;2-8,10,15,22H,9,11H2,1H3;2-9,14,22H,10-11H2,1H3/t2*15-;14-;15-;14-/m11111/s1/i5*19-1. The molecule has 5 N–H and O–H groups in total. The van der Waals surface area contributed by atoms with E-state index in [-0.39, 0.29) is 33.0 Å². The van der Waals surface area contributed by atoms with Crippen LogP contribution in [0.2, 0.25) is 0 Å². The average Bonchev–Trinajstić information content (AvgIpc) is 0.836. The maximum Gasteiger partial charge on any atom is 0.120 e. The molecule has 0 saturated heterocycles. The molecule has 0 radical (unpaired) electrons. The first kappa shape index (κ1) is 83.3. The third-order valence-corrected chi connectivity index (χ3v) is 17.6. The van der Waals surface area contributed by atoms with Crippen molar-refractivity contribution in [1.82, 2.24) is 49.8 Å². The number of aryl methyl sites for hydroxylation is 5. The maximum absolute atomic E-state index is 12.2. The average molecular weight is 1560 g/mol. The molecule has 10 heterocycles. The molecule has 20 nitrogen and oxygen atoms in total. The molecule has 0 aliphatic rings. The van der Waals surface area contributed by atoms with E-state index in [1.54, 1.807) is 73.7 Å². The van der Waals surface area contributed by atoms with E-state index in [1.165, 1.54) is 0 Å². The van der Waals surface area contributed by atoms with E-state index in [1.807, 2.05) is 204 Å². The Labute approximate surface area is 660 Å². The highest BCUT2D eigenvalue weighted by Crippen LogP contribution is 2.31. The van der Waals surface area contributed by atoms with Gasteiger partial charge in [-0.05, 0) is 216 Å². The van der Waals surface area contributed by atoms with Gasteiger partial charge in [-0.3, -0.25) is 24.9 Å². The van der Waals surface area contributed by atoms with Gasteiger partial charge in [0.25, 0.3) is 0 Å². The lowest BCUT2D eigenvalue weighted by Crippen LogP contribution is -2.19. The summed E-state index contributed by atoms with van der Waals surface area (Å²) in [6, 6.07) is 62.4. The van der Waals surface area contributed by atoms with Crippen LogP contribution in [0.5, 0.6) is 28.7 Å². The minimum Gasteiger partial charge on any atom is -0.491 e. The zero-order chi connectivity index (χ0) is 81.2. The van der Waals surface area contributed by atoms with E-state index in [2.05, 4.69) is 49.8 Å². The number of nitrogens with zero attached hydrogens (tertiary/aromatic N) is 10. The van der Waals surface area contributed by atoms with Crippen LogP contribution in [0, 0.1) is 34.6 Å². The largest absolute Gasteiger partial charge is 0.491 e. The first-order valence-electron chi connectivity index (χ1n) is 36.8. The number of aliphatic hydroxyl groups is 5. The van der Waals surface area contributed by atoms with Gasteiger partial charge in [-0.1, -0.05) is 30.3 Å². The highest BCUT2D eigenvalue weighted by atomic mass is 18.2. The second kappa shape index (κ2) is 41.2. The third kappa shape index (κ3) is 24.0. The number of hydrogen-bond acceptors (Lipinski definition) is 20. The molecule has 15 rings (SSSR count). The molecule has 0 fully saturated rings. The lowest BCUT2D eigenvalue weighted by Gasteiger charge is -2.10. The predicted molar refractivity (Wildman–Crippen MR) is 436 cm³/mol. The number of pyridine rings is 10. The van der Waals surface area contributed by atoms with Gasteiger partial charge in [0.2, 0.25) is 0 Å². The molecule has 0 amide bonds. The Hall–Kier alpha value is -12.7. The maximum atomic E-state index is 12.2. The highest BCUT2D eigenvalue weighted by molar-refractivity contribution is 5.87. The fraction of sp³-hybridized carbons (Fsp3) is 0.222. The fourth-order valence-electron chi connectivity index (χ4n) is 11.4. The smallest absolute Gasteiger partial charge is 0.120 e. The number of benzene rings is 5. The van der Waals surface area contributed by atoms with Crippen molar-refractivity contribution in [2.24, 2.45) is 0 Å². The Morgan fingerprint density at radius 3 is 1.06 bits per heavy atom. The molecule has 0 saturated carbocycles. The lowest BCUT2D eigenvalue weighted by molar-refractivity contribution is 0.0842. The van der Waals surface area contributed by atoms with Gasteiger partial charge in [0.15, 0.2) is 0 Å². The molecule has 0 unspecified atom stereocenters. The summed E-state index contributed by atoms with van der Waals surface area (Å²) in [5, 5.41) is 50.6. The van der Waals surface area contributed by atoms with Crippen molar-refractivity contribution in [3.63, 3.8) is 0 Å². The molecular weight excluding hydrogens is 1470 g/mol. The summed E-state index contributed by atoms with van der Waals surface area (Å²) >= 11 is 0. The van der Waals surface area contributed by atoms with Crippen LogP contribution in [0.25, 0.3) is 111 Å². The van der Waals surface area contributed by atoms with Gasteiger partial charge < -0.3 is 49.2 Å². The van der Waals surface area contributed by atoms with Crippen LogP contribution >= 0.6 is 0 Å². The van der Waals surface area contributed by atoms with Crippen LogP contribution in [-0.2, 0) is 0 Å². The van der Waals surface area contributed by atoms with E-state index in [9.17, 15) is 47.5 Å². The number of aliphatic hydroxyl groups excluding tert-OH is 5. The number of alkyl halides is 5. The summed E-state index contributed by atoms with van der Waals surface area (Å²) in [5.41, 5.74) is 18.5. The minimum absolute atomic E-state index is 0.0657.